The molecule has 1 aromatic heterocycles. The number of amides is 1. The van der Waals surface area contributed by atoms with Gasteiger partial charge in [-0.3, -0.25) is 14.9 Å². The van der Waals surface area contributed by atoms with Crippen molar-refractivity contribution in [3.05, 3.63) is 98.9 Å². The first-order chi connectivity index (χ1) is 13.5. The second-order valence-corrected chi connectivity index (χ2v) is 6.55. The van der Waals surface area contributed by atoms with Crippen molar-refractivity contribution in [2.75, 3.05) is 0 Å². The van der Waals surface area contributed by atoms with E-state index in [1.807, 2.05) is 50.2 Å². The summed E-state index contributed by atoms with van der Waals surface area (Å²) in [6.45, 7) is 4.18. The number of H-pyrrole nitrogens is 1. The summed E-state index contributed by atoms with van der Waals surface area (Å²) in [6.07, 6.45) is 1.67. The highest BCUT2D eigenvalue weighted by Crippen LogP contribution is 2.28. The van der Waals surface area contributed by atoms with Crippen molar-refractivity contribution in [2.45, 2.75) is 20.4 Å². The number of aromatic nitrogens is 1. The maximum atomic E-state index is 13.0. The summed E-state index contributed by atoms with van der Waals surface area (Å²) in [5.74, 6) is -0.371. The van der Waals surface area contributed by atoms with Gasteiger partial charge in [-0.2, -0.15) is 0 Å². The predicted octanol–water partition coefficient (Wildman–Crippen LogP) is 4.40. The summed E-state index contributed by atoms with van der Waals surface area (Å²) in [5.41, 5.74) is 4.03. The van der Waals surface area contributed by atoms with E-state index in [1.54, 1.807) is 24.3 Å². The van der Waals surface area contributed by atoms with Gasteiger partial charge in [0.15, 0.2) is 0 Å². The molecule has 0 saturated heterocycles. The van der Waals surface area contributed by atoms with Crippen LogP contribution in [0.2, 0.25) is 0 Å². The van der Waals surface area contributed by atoms with E-state index in [0.717, 1.165) is 22.5 Å². The maximum Gasteiger partial charge on any atom is 0.277 e. The third kappa shape index (κ3) is 4.35. The van der Waals surface area contributed by atoms with E-state index >= 15 is 0 Å². The number of nitro benzene ring substituents is 1. The summed E-state index contributed by atoms with van der Waals surface area (Å²) in [4.78, 5) is 27.2. The minimum Gasteiger partial charge on any atom is -0.359 e. The minimum atomic E-state index is -0.472. The molecule has 1 heterocycles. The smallest absolute Gasteiger partial charge is 0.277 e. The number of carbonyl (C=O) groups is 1. The average molecular weight is 375 g/mol. The molecule has 0 radical (unpaired) electrons. The van der Waals surface area contributed by atoms with Gasteiger partial charge >= 0.3 is 0 Å². The molecule has 28 heavy (non-hydrogen) atoms. The van der Waals surface area contributed by atoms with Crippen molar-refractivity contribution in [1.82, 2.24) is 10.3 Å². The highest BCUT2D eigenvalue weighted by Gasteiger charge is 2.22. The van der Waals surface area contributed by atoms with Crippen LogP contribution >= 0.6 is 0 Å². The first kappa shape index (κ1) is 19.1. The number of aryl methyl sites for hydroxylation is 2. The Labute approximate surface area is 163 Å². The summed E-state index contributed by atoms with van der Waals surface area (Å²) < 4.78 is 0. The molecule has 2 aromatic carbocycles. The number of hydrogen-bond acceptors (Lipinski definition) is 3. The first-order valence-corrected chi connectivity index (χ1v) is 8.89. The van der Waals surface area contributed by atoms with Gasteiger partial charge in [-0.05, 0) is 43.2 Å². The fraction of sp³-hybridized carbons (Fsp3) is 0.136. The average Bonchev–Trinajstić information content (AvgIpc) is 3.01. The molecule has 3 rings (SSSR count). The molecule has 6 nitrogen and oxygen atoms in total. The summed E-state index contributed by atoms with van der Waals surface area (Å²) >= 11 is 0. The lowest BCUT2D eigenvalue weighted by Crippen LogP contribution is -2.24. The fourth-order valence-electron chi connectivity index (χ4n) is 3.04. The number of rotatable bonds is 6. The molecule has 142 valence electrons. The Morgan fingerprint density at radius 1 is 1.11 bits per heavy atom. The van der Waals surface area contributed by atoms with Gasteiger partial charge in [-0.15, -0.1) is 0 Å². The number of carbonyl (C=O) groups excluding carboxylic acids is 1. The SMILES string of the molecule is Cc1cc(C)c(/C=C(\C(=O)NCc2ccccc2)c2ccccc2[N+](=O)[O-])[nH]1. The van der Waals surface area contributed by atoms with Crippen LogP contribution in [0.5, 0.6) is 0 Å². The molecule has 1 amide bonds. The van der Waals surface area contributed by atoms with Crippen molar-refractivity contribution in [2.24, 2.45) is 0 Å². The molecular formula is C22H21N3O3. The minimum absolute atomic E-state index is 0.107. The maximum absolute atomic E-state index is 13.0. The van der Waals surface area contributed by atoms with Gasteiger partial charge in [0, 0.05) is 24.0 Å². The van der Waals surface area contributed by atoms with E-state index in [2.05, 4.69) is 10.3 Å². The van der Waals surface area contributed by atoms with Crippen LogP contribution in [0, 0.1) is 24.0 Å². The van der Waals surface area contributed by atoms with Crippen molar-refractivity contribution >= 4 is 23.2 Å². The van der Waals surface area contributed by atoms with Gasteiger partial charge in [-0.25, -0.2) is 0 Å². The molecule has 0 bridgehead atoms. The predicted molar refractivity (Wildman–Crippen MR) is 110 cm³/mol. The zero-order chi connectivity index (χ0) is 20.1. The Kier molecular flexibility index (Phi) is 5.69. The van der Waals surface area contributed by atoms with Crippen LogP contribution in [0.3, 0.4) is 0 Å². The number of hydrogen-bond donors (Lipinski definition) is 2. The number of para-hydroxylation sites is 1. The van der Waals surface area contributed by atoms with Crippen molar-refractivity contribution in [1.29, 1.82) is 0 Å². The Balaban J connectivity index is 2.01. The standard InChI is InChI=1S/C22H21N3O3/c1-15-12-16(2)24-20(15)13-19(18-10-6-7-11-21(18)25(27)28)22(26)23-14-17-8-4-3-5-9-17/h3-13,24H,14H2,1-2H3,(H,23,26)/b19-13-. The van der Waals surface area contributed by atoms with Crippen LogP contribution in [0.1, 0.15) is 28.1 Å². The zero-order valence-corrected chi connectivity index (χ0v) is 15.7. The van der Waals surface area contributed by atoms with Crippen LogP contribution in [0.25, 0.3) is 11.6 Å². The van der Waals surface area contributed by atoms with E-state index in [1.165, 1.54) is 6.07 Å². The lowest BCUT2D eigenvalue weighted by atomic mass is 10.0. The van der Waals surface area contributed by atoms with Crippen LogP contribution in [-0.4, -0.2) is 15.8 Å². The Morgan fingerprint density at radius 3 is 2.43 bits per heavy atom. The Bertz CT molecular complexity index is 1040. The van der Waals surface area contributed by atoms with Crippen LogP contribution in [-0.2, 0) is 11.3 Å². The highest BCUT2D eigenvalue weighted by atomic mass is 16.6. The van der Waals surface area contributed by atoms with Gasteiger partial charge in [0.1, 0.15) is 0 Å². The highest BCUT2D eigenvalue weighted by molar-refractivity contribution is 6.25. The van der Waals surface area contributed by atoms with Gasteiger partial charge in [0.2, 0.25) is 0 Å². The molecule has 0 atom stereocenters. The number of nitrogens with one attached hydrogen (secondary N) is 2. The van der Waals surface area contributed by atoms with Gasteiger partial charge in [0.05, 0.1) is 16.1 Å². The van der Waals surface area contributed by atoms with Crippen molar-refractivity contribution < 1.29 is 9.72 Å². The van der Waals surface area contributed by atoms with Crippen molar-refractivity contribution in [3.63, 3.8) is 0 Å². The Morgan fingerprint density at radius 2 is 1.79 bits per heavy atom. The molecule has 0 saturated carbocycles. The molecule has 3 aromatic rings. The third-order valence-electron chi connectivity index (χ3n) is 4.41. The topological polar surface area (TPSA) is 88.0 Å². The summed E-state index contributed by atoms with van der Waals surface area (Å²) in [6, 6.07) is 17.7. The molecule has 0 fully saturated rings. The van der Waals surface area contributed by atoms with E-state index in [9.17, 15) is 14.9 Å². The fourth-order valence-corrected chi connectivity index (χ4v) is 3.04. The summed E-state index contributed by atoms with van der Waals surface area (Å²) in [5, 5.41) is 14.4. The second kappa shape index (κ2) is 8.35. The van der Waals surface area contributed by atoms with Crippen LogP contribution in [0.15, 0.2) is 60.7 Å². The van der Waals surface area contributed by atoms with Gasteiger partial charge in [0.25, 0.3) is 11.6 Å². The van der Waals surface area contributed by atoms with Crippen LogP contribution in [0.4, 0.5) is 5.69 Å². The molecule has 0 aliphatic heterocycles. The number of nitrogens with zero attached hydrogens (tertiary/aromatic N) is 1. The molecule has 6 heteroatoms. The number of benzene rings is 2. The molecule has 0 aliphatic rings. The quantitative estimate of drug-likeness (QED) is 0.380. The monoisotopic (exact) mass is 375 g/mol. The number of nitro groups is 1. The van der Waals surface area contributed by atoms with E-state index in [0.29, 0.717) is 6.54 Å². The van der Waals surface area contributed by atoms with Gasteiger partial charge < -0.3 is 10.3 Å². The molecule has 2 N–H and O–H groups in total. The molecule has 0 aliphatic carbocycles. The van der Waals surface area contributed by atoms with Gasteiger partial charge in [-0.1, -0.05) is 42.5 Å². The van der Waals surface area contributed by atoms with Crippen LogP contribution < -0.4 is 5.32 Å². The zero-order valence-electron chi connectivity index (χ0n) is 15.7. The largest absolute Gasteiger partial charge is 0.359 e. The third-order valence-corrected chi connectivity index (χ3v) is 4.41. The molecule has 0 spiro atoms. The lowest BCUT2D eigenvalue weighted by Gasteiger charge is -2.10. The second-order valence-electron chi connectivity index (χ2n) is 6.55. The lowest BCUT2D eigenvalue weighted by molar-refractivity contribution is -0.385. The number of aromatic amines is 1. The van der Waals surface area contributed by atoms with E-state index in [4.69, 9.17) is 0 Å². The van der Waals surface area contributed by atoms with E-state index in [-0.39, 0.29) is 22.7 Å². The van der Waals surface area contributed by atoms with Crippen molar-refractivity contribution in [3.8, 4) is 0 Å². The first-order valence-electron chi connectivity index (χ1n) is 8.89. The molecule has 0 unspecified atom stereocenters. The normalized spacial score (nSPS) is 11.3. The summed E-state index contributed by atoms with van der Waals surface area (Å²) in [7, 11) is 0. The van der Waals surface area contributed by atoms with E-state index < -0.39 is 4.92 Å². The molecular weight excluding hydrogens is 354 g/mol. The Hall–Kier alpha value is -3.67.